The minimum absolute atomic E-state index is 0.124. The number of carboxylic acid groups (broad SMARTS) is 1. The van der Waals surface area contributed by atoms with Crippen molar-refractivity contribution >= 4 is 17.6 Å². The summed E-state index contributed by atoms with van der Waals surface area (Å²) in [7, 11) is 0. The molecule has 88 valence electrons. The average molecular weight is 234 g/mol. The summed E-state index contributed by atoms with van der Waals surface area (Å²) in [6.07, 6.45) is 2.84. The second-order valence-corrected chi connectivity index (χ2v) is 3.31. The molecular formula is C11H10N2O4. The molecule has 1 N–H and O–H groups in total. The summed E-state index contributed by atoms with van der Waals surface area (Å²) in [5.74, 6) is -1.52. The Balaban J connectivity index is 2.48. The van der Waals surface area contributed by atoms with E-state index in [2.05, 4.69) is 4.98 Å². The number of nitrogens with zero attached hydrogens (tertiary/aromatic N) is 2. The molecule has 0 fully saturated rings. The molecule has 2 aromatic rings. The number of carboxylic acids is 1. The topological polar surface area (TPSA) is 80.9 Å². The fourth-order valence-electron chi connectivity index (χ4n) is 1.47. The van der Waals surface area contributed by atoms with Crippen molar-refractivity contribution < 1.29 is 19.4 Å². The number of aromatic carboxylic acids is 1. The molecule has 6 heteroatoms. The SMILES string of the molecule is CCOC(=O)c1cnc2cc(C(=O)O)ccn12. The maximum atomic E-state index is 11.5. The van der Waals surface area contributed by atoms with Crippen LogP contribution in [0.5, 0.6) is 0 Å². The first-order valence-corrected chi connectivity index (χ1v) is 5.01. The molecule has 0 atom stereocenters. The fraction of sp³-hybridized carbons (Fsp3) is 0.182. The Kier molecular flexibility index (Phi) is 2.78. The maximum absolute atomic E-state index is 11.5. The van der Waals surface area contributed by atoms with E-state index in [0.29, 0.717) is 5.65 Å². The van der Waals surface area contributed by atoms with Gasteiger partial charge in [-0.15, -0.1) is 0 Å². The smallest absolute Gasteiger partial charge is 0.356 e. The van der Waals surface area contributed by atoms with Crippen LogP contribution in [-0.2, 0) is 4.74 Å². The monoisotopic (exact) mass is 234 g/mol. The molecule has 0 saturated heterocycles. The zero-order chi connectivity index (χ0) is 12.4. The highest BCUT2D eigenvalue weighted by Crippen LogP contribution is 2.10. The van der Waals surface area contributed by atoms with Crippen LogP contribution >= 0.6 is 0 Å². The van der Waals surface area contributed by atoms with E-state index in [1.54, 1.807) is 6.92 Å². The van der Waals surface area contributed by atoms with Gasteiger partial charge in [-0.05, 0) is 19.1 Å². The van der Waals surface area contributed by atoms with Crippen molar-refractivity contribution in [2.45, 2.75) is 6.92 Å². The number of carbonyl (C=O) groups excluding carboxylic acids is 1. The summed E-state index contributed by atoms with van der Waals surface area (Å²) < 4.78 is 6.35. The van der Waals surface area contributed by atoms with Crippen molar-refractivity contribution in [3.8, 4) is 0 Å². The van der Waals surface area contributed by atoms with E-state index in [0.717, 1.165) is 0 Å². The van der Waals surface area contributed by atoms with Crippen molar-refractivity contribution in [1.29, 1.82) is 0 Å². The Morgan fingerprint density at radius 2 is 2.29 bits per heavy atom. The Labute approximate surface area is 96.5 Å². The molecule has 0 bridgehead atoms. The normalized spacial score (nSPS) is 10.4. The lowest BCUT2D eigenvalue weighted by molar-refractivity contribution is 0.0518. The van der Waals surface area contributed by atoms with Crippen LogP contribution < -0.4 is 0 Å². The van der Waals surface area contributed by atoms with Gasteiger partial charge < -0.3 is 9.84 Å². The third-order valence-electron chi connectivity index (χ3n) is 2.24. The highest BCUT2D eigenvalue weighted by molar-refractivity contribution is 5.91. The van der Waals surface area contributed by atoms with Crippen LogP contribution in [0, 0.1) is 0 Å². The van der Waals surface area contributed by atoms with Gasteiger partial charge >= 0.3 is 11.9 Å². The highest BCUT2D eigenvalue weighted by Gasteiger charge is 2.14. The number of imidazole rings is 1. The van der Waals surface area contributed by atoms with Crippen LogP contribution in [0.1, 0.15) is 27.8 Å². The minimum atomic E-state index is -1.03. The van der Waals surface area contributed by atoms with E-state index in [1.807, 2.05) is 0 Å². The van der Waals surface area contributed by atoms with Gasteiger partial charge in [-0.2, -0.15) is 0 Å². The summed E-state index contributed by atoms with van der Waals surface area (Å²) in [6.45, 7) is 1.99. The van der Waals surface area contributed by atoms with Gasteiger partial charge in [0.05, 0.1) is 18.4 Å². The third-order valence-corrected chi connectivity index (χ3v) is 2.24. The number of hydrogen-bond acceptors (Lipinski definition) is 4. The molecular weight excluding hydrogens is 224 g/mol. The zero-order valence-corrected chi connectivity index (χ0v) is 9.08. The molecule has 0 unspecified atom stereocenters. The van der Waals surface area contributed by atoms with Gasteiger partial charge in [-0.25, -0.2) is 14.6 Å². The lowest BCUT2D eigenvalue weighted by Crippen LogP contribution is -2.08. The number of carbonyl (C=O) groups is 2. The number of ether oxygens (including phenoxy) is 1. The van der Waals surface area contributed by atoms with Gasteiger partial charge in [0.25, 0.3) is 0 Å². The number of fused-ring (bicyclic) bond motifs is 1. The Morgan fingerprint density at radius 3 is 2.94 bits per heavy atom. The second kappa shape index (κ2) is 4.25. The molecule has 2 rings (SSSR count). The van der Waals surface area contributed by atoms with E-state index in [1.165, 1.54) is 28.9 Å². The van der Waals surface area contributed by atoms with Crippen LogP contribution in [0.3, 0.4) is 0 Å². The molecule has 17 heavy (non-hydrogen) atoms. The molecule has 0 radical (unpaired) electrons. The summed E-state index contributed by atoms with van der Waals surface area (Å²) in [4.78, 5) is 26.3. The van der Waals surface area contributed by atoms with E-state index in [4.69, 9.17) is 9.84 Å². The van der Waals surface area contributed by atoms with E-state index >= 15 is 0 Å². The predicted octanol–water partition coefficient (Wildman–Crippen LogP) is 1.21. The fourth-order valence-corrected chi connectivity index (χ4v) is 1.47. The van der Waals surface area contributed by atoms with Crippen molar-refractivity contribution in [3.05, 3.63) is 35.8 Å². The molecule has 0 aliphatic rings. The quantitative estimate of drug-likeness (QED) is 0.807. The van der Waals surface area contributed by atoms with Gasteiger partial charge in [0.1, 0.15) is 5.65 Å². The van der Waals surface area contributed by atoms with Gasteiger partial charge in [0.2, 0.25) is 0 Å². The molecule has 0 aromatic carbocycles. The molecule has 0 amide bonds. The second-order valence-electron chi connectivity index (χ2n) is 3.31. The van der Waals surface area contributed by atoms with E-state index < -0.39 is 11.9 Å². The maximum Gasteiger partial charge on any atom is 0.356 e. The van der Waals surface area contributed by atoms with Crippen LogP contribution in [0.2, 0.25) is 0 Å². The van der Waals surface area contributed by atoms with Crippen LogP contribution in [0.25, 0.3) is 5.65 Å². The lowest BCUT2D eigenvalue weighted by Gasteiger charge is -2.01. The number of hydrogen-bond donors (Lipinski definition) is 1. The van der Waals surface area contributed by atoms with Crippen LogP contribution in [-0.4, -0.2) is 33.0 Å². The molecule has 0 spiro atoms. The Bertz CT molecular complexity index is 588. The van der Waals surface area contributed by atoms with Crippen LogP contribution in [0.15, 0.2) is 24.5 Å². The summed E-state index contributed by atoms with van der Waals surface area (Å²) in [5.41, 5.74) is 0.797. The number of esters is 1. The van der Waals surface area contributed by atoms with Crippen molar-refractivity contribution in [3.63, 3.8) is 0 Å². The van der Waals surface area contributed by atoms with E-state index in [-0.39, 0.29) is 17.9 Å². The molecule has 6 nitrogen and oxygen atoms in total. The first kappa shape index (κ1) is 11.1. The average Bonchev–Trinajstić information content (AvgIpc) is 2.71. The van der Waals surface area contributed by atoms with Crippen molar-refractivity contribution in [2.75, 3.05) is 6.61 Å². The van der Waals surface area contributed by atoms with Gasteiger partial charge in [-0.1, -0.05) is 0 Å². The number of aromatic nitrogens is 2. The highest BCUT2D eigenvalue weighted by atomic mass is 16.5. The summed E-state index contributed by atoms with van der Waals surface area (Å²) in [6, 6.07) is 2.80. The van der Waals surface area contributed by atoms with Crippen LogP contribution in [0.4, 0.5) is 0 Å². The third kappa shape index (κ3) is 1.96. The standard InChI is InChI=1S/C11H10N2O4/c1-2-17-11(16)8-6-12-9-5-7(10(14)15)3-4-13(8)9/h3-6H,2H2,1H3,(H,14,15). The number of pyridine rings is 1. The molecule has 0 saturated carbocycles. The van der Waals surface area contributed by atoms with Crippen molar-refractivity contribution in [1.82, 2.24) is 9.38 Å². The zero-order valence-electron chi connectivity index (χ0n) is 9.08. The first-order chi connectivity index (χ1) is 8.13. The van der Waals surface area contributed by atoms with Gasteiger partial charge in [-0.3, -0.25) is 4.40 Å². The molecule has 2 aromatic heterocycles. The predicted molar refractivity (Wildman–Crippen MR) is 58.1 cm³/mol. The Morgan fingerprint density at radius 1 is 1.53 bits per heavy atom. The minimum Gasteiger partial charge on any atom is -0.478 e. The largest absolute Gasteiger partial charge is 0.478 e. The van der Waals surface area contributed by atoms with Gasteiger partial charge in [0.15, 0.2) is 5.69 Å². The van der Waals surface area contributed by atoms with Gasteiger partial charge in [0, 0.05) is 6.20 Å². The summed E-state index contributed by atoms with van der Waals surface area (Å²) >= 11 is 0. The van der Waals surface area contributed by atoms with E-state index in [9.17, 15) is 9.59 Å². The number of rotatable bonds is 3. The molecule has 2 heterocycles. The molecule has 0 aliphatic carbocycles. The first-order valence-electron chi connectivity index (χ1n) is 5.01. The summed E-state index contributed by atoms with van der Waals surface area (Å²) in [5, 5.41) is 8.82. The molecule has 0 aliphatic heterocycles. The van der Waals surface area contributed by atoms with Crippen molar-refractivity contribution in [2.24, 2.45) is 0 Å². The lowest BCUT2D eigenvalue weighted by atomic mass is 10.3. The Hall–Kier alpha value is -2.37.